The minimum atomic E-state index is 0.0833. The van der Waals surface area contributed by atoms with E-state index in [4.69, 9.17) is 5.73 Å². The molecule has 0 saturated carbocycles. The molecule has 0 heterocycles. The van der Waals surface area contributed by atoms with Gasteiger partial charge in [-0.25, -0.2) is 0 Å². The van der Waals surface area contributed by atoms with Crippen molar-refractivity contribution in [1.82, 2.24) is 0 Å². The normalized spacial score (nSPS) is 9.00. The molecule has 7 heavy (non-hydrogen) atoms. The number of hydrogen-bond acceptors (Lipinski definition) is 2. The van der Waals surface area contributed by atoms with Crippen LogP contribution in [0.5, 0.6) is 0 Å². The van der Waals surface area contributed by atoms with Crippen LogP contribution in [-0.2, 0) is 4.74 Å². The van der Waals surface area contributed by atoms with Gasteiger partial charge in [0, 0.05) is 0 Å². The molecule has 1 radical (unpaired) electrons. The quantitative estimate of drug-likeness (QED) is 0.518. The van der Waals surface area contributed by atoms with E-state index in [9.17, 15) is 0 Å². The molecule has 0 rings (SSSR count). The number of rotatable bonds is 1. The lowest BCUT2D eigenvalue weighted by Crippen LogP contribution is -2.13. The van der Waals surface area contributed by atoms with Crippen LogP contribution in [0, 0.1) is 6.10 Å². The van der Waals surface area contributed by atoms with Crippen LogP contribution in [0.1, 0.15) is 13.8 Å². The van der Waals surface area contributed by atoms with Crippen molar-refractivity contribution in [1.29, 1.82) is 0 Å². The fraction of sp³-hybridized carbons (Fsp3) is 0.500. The zero-order valence-electron chi connectivity index (χ0n) is 4.39. The average molecular weight is 118 g/mol. The molecule has 0 aliphatic heterocycles. The topological polar surface area (TPSA) is 35.2 Å². The van der Waals surface area contributed by atoms with Gasteiger partial charge in [0.1, 0.15) is 6.10 Å². The summed E-state index contributed by atoms with van der Waals surface area (Å²) in [4.78, 5) is 0. The van der Waals surface area contributed by atoms with E-state index >= 15 is 0 Å². The fourth-order valence-corrected chi connectivity index (χ4v) is 0.368. The van der Waals surface area contributed by atoms with E-state index in [2.05, 4.69) is 17.0 Å². The highest BCUT2D eigenvalue weighted by molar-refractivity contribution is 7.80. The van der Waals surface area contributed by atoms with Gasteiger partial charge < -0.3 is 10.5 Å². The number of nitrogens with two attached hydrogens (primary N) is 1. The fourth-order valence-electron chi connectivity index (χ4n) is 0.201. The van der Waals surface area contributed by atoms with Gasteiger partial charge >= 0.3 is 0 Å². The molecule has 0 bridgehead atoms. The molecule has 0 unspecified atom stereocenters. The van der Waals surface area contributed by atoms with E-state index < -0.39 is 0 Å². The van der Waals surface area contributed by atoms with Crippen molar-refractivity contribution in [2.75, 3.05) is 0 Å². The van der Waals surface area contributed by atoms with E-state index in [0.717, 1.165) is 6.10 Å². The maximum atomic E-state index is 4.98. The molecular formula is C4H8NOS. The van der Waals surface area contributed by atoms with Gasteiger partial charge in [0.25, 0.3) is 5.17 Å². The van der Waals surface area contributed by atoms with Gasteiger partial charge in [0.05, 0.1) is 0 Å². The maximum absolute atomic E-state index is 4.98. The number of thiocarbonyl (C=S) groups is 1. The van der Waals surface area contributed by atoms with Crippen molar-refractivity contribution in [2.45, 2.75) is 13.8 Å². The minimum Gasteiger partial charge on any atom is -0.461 e. The van der Waals surface area contributed by atoms with E-state index in [0.29, 0.717) is 0 Å². The second-order valence-corrected chi connectivity index (χ2v) is 1.73. The van der Waals surface area contributed by atoms with Crippen LogP contribution < -0.4 is 5.73 Å². The Morgan fingerprint density at radius 3 is 2.00 bits per heavy atom. The van der Waals surface area contributed by atoms with Gasteiger partial charge in [0.15, 0.2) is 0 Å². The summed E-state index contributed by atoms with van der Waals surface area (Å²) >= 11 is 4.41. The van der Waals surface area contributed by atoms with E-state index in [1.807, 2.05) is 0 Å². The van der Waals surface area contributed by atoms with E-state index in [-0.39, 0.29) is 5.17 Å². The van der Waals surface area contributed by atoms with Gasteiger partial charge in [-0.3, -0.25) is 0 Å². The molecule has 3 heteroatoms. The van der Waals surface area contributed by atoms with Crippen LogP contribution in [0.25, 0.3) is 0 Å². The molecule has 0 aromatic carbocycles. The Morgan fingerprint density at radius 1 is 1.57 bits per heavy atom. The average Bonchev–Trinajstić information content (AvgIpc) is 1.27. The lowest BCUT2D eigenvalue weighted by molar-refractivity contribution is 0.337. The Labute approximate surface area is 48.6 Å². The van der Waals surface area contributed by atoms with Crippen molar-refractivity contribution in [3.8, 4) is 0 Å². The molecule has 0 atom stereocenters. The highest BCUT2D eigenvalue weighted by Gasteiger charge is 1.92. The van der Waals surface area contributed by atoms with Crippen molar-refractivity contribution >= 4 is 17.4 Å². The molecule has 0 aromatic heterocycles. The lowest BCUT2D eigenvalue weighted by atomic mass is 10.5. The first-order valence-electron chi connectivity index (χ1n) is 1.90. The molecule has 0 fully saturated rings. The third kappa shape index (κ3) is 5.69. The van der Waals surface area contributed by atoms with Crippen LogP contribution in [0.3, 0.4) is 0 Å². The minimum absolute atomic E-state index is 0.0833. The highest BCUT2D eigenvalue weighted by atomic mass is 32.1. The molecule has 0 aliphatic rings. The van der Waals surface area contributed by atoms with Crippen LogP contribution in [0.15, 0.2) is 0 Å². The first-order valence-corrected chi connectivity index (χ1v) is 2.31. The second-order valence-electron chi connectivity index (χ2n) is 1.33. The molecule has 2 N–H and O–H groups in total. The first kappa shape index (κ1) is 6.69. The molecule has 0 saturated heterocycles. The monoisotopic (exact) mass is 118 g/mol. The first-order chi connectivity index (χ1) is 3.13. The number of ether oxygens (including phenoxy) is 1. The van der Waals surface area contributed by atoms with Crippen LogP contribution in [0.4, 0.5) is 0 Å². The molecule has 41 valence electrons. The summed E-state index contributed by atoms with van der Waals surface area (Å²) in [5.41, 5.74) is 4.98. The van der Waals surface area contributed by atoms with Crippen molar-refractivity contribution in [3.05, 3.63) is 6.10 Å². The van der Waals surface area contributed by atoms with E-state index in [1.54, 1.807) is 13.8 Å². The Kier molecular flexibility index (Phi) is 2.67. The summed E-state index contributed by atoms with van der Waals surface area (Å²) in [5.74, 6) is 0. The Bertz CT molecular complexity index is 72.1. The lowest BCUT2D eigenvalue weighted by Gasteiger charge is -2.02. The smallest absolute Gasteiger partial charge is 0.254 e. The third-order valence-corrected chi connectivity index (χ3v) is 0.388. The third-order valence-electron chi connectivity index (χ3n) is 0.305. The largest absolute Gasteiger partial charge is 0.461 e. The van der Waals surface area contributed by atoms with Crippen molar-refractivity contribution < 1.29 is 4.74 Å². The van der Waals surface area contributed by atoms with Gasteiger partial charge in [-0.1, -0.05) is 0 Å². The standard InChI is InChI=1S/C4H8NOS/c1-3(2)6-4(5)7/h1-2H3,(H2,5,7). The zero-order valence-corrected chi connectivity index (χ0v) is 5.21. The predicted molar refractivity (Wildman–Crippen MR) is 32.5 cm³/mol. The Morgan fingerprint density at radius 2 is 2.00 bits per heavy atom. The van der Waals surface area contributed by atoms with Crippen LogP contribution in [-0.4, -0.2) is 5.17 Å². The van der Waals surface area contributed by atoms with Gasteiger partial charge in [-0.15, -0.1) is 0 Å². The van der Waals surface area contributed by atoms with Crippen molar-refractivity contribution in [3.63, 3.8) is 0 Å². The summed E-state index contributed by atoms with van der Waals surface area (Å²) < 4.78 is 4.68. The molecule has 0 amide bonds. The van der Waals surface area contributed by atoms with Crippen molar-refractivity contribution in [2.24, 2.45) is 5.73 Å². The van der Waals surface area contributed by atoms with Crippen LogP contribution >= 0.6 is 12.2 Å². The van der Waals surface area contributed by atoms with Crippen LogP contribution in [0.2, 0.25) is 0 Å². The summed E-state index contributed by atoms with van der Waals surface area (Å²) in [6, 6.07) is 0. The Balaban J connectivity index is 3.13. The Hall–Kier alpha value is -0.310. The number of hydrogen-bond donors (Lipinski definition) is 1. The highest BCUT2D eigenvalue weighted by Crippen LogP contribution is 1.94. The van der Waals surface area contributed by atoms with Gasteiger partial charge in [-0.2, -0.15) is 0 Å². The summed E-state index contributed by atoms with van der Waals surface area (Å²) in [6.07, 6.45) is 0.771. The predicted octanol–water partition coefficient (Wildman–Crippen LogP) is 0.818. The molecular weight excluding hydrogens is 110 g/mol. The SMILES string of the molecule is C[C](C)OC(N)=S. The summed E-state index contributed by atoms with van der Waals surface area (Å²) in [5, 5.41) is 0.0833. The summed E-state index contributed by atoms with van der Waals surface area (Å²) in [6.45, 7) is 3.58. The molecule has 2 nitrogen and oxygen atoms in total. The molecule has 0 aromatic rings. The maximum Gasteiger partial charge on any atom is 0.254 e. The molecule has 0 aliphatic carbocycles. The van der Waals surface area contributed by atoms with E-state index in [1.165, 1.54) is 0 Å². The summed E-state index contributed by atoms with van der Waals surface area (Å²) in [7, 11) is 0. The molecule has 0 spiro atoms. The second kappa shape index (κ2) is 2.80. The zero-order chi connectivity index (χ0) is 5.86. The van der Waals surface area contributed by atoms with Gasteiger partial charge in [-0.05, 0) is 26.1 Å². The van der Waals surface area contributed by atoms with Gasteiger partial charge in [0.2, 0.25) is 0 Å².